The number of hydrogen-bond donors (Lipinski definition) is 2. The Morgan fingerprint density at radius 1 is 0.655 bits per heavy atom. The molecule has 0 amide bonds. The van der Waals surface area contributed by atoms with Crippen molar-refractivity contribution in [2.45, 2.75) is 145 Å². The van der Waals surface area contributed by atoms with Crippen molar-refractivity contribution in [3.05, 3.63) is 0 Å². The lowest BCUT2D eigenvalue weighted by molar-refractivity contribution is -0.0202. The molecule has 0 aliphatic heterocycles. The number of hydrogen-bond acceptors (Lipinski definition) is 2. The van der Waals surface area contributed by atoms with Gasteiger partial charge in [0.2, 0.25) is 0 Å². The molecule has 0 bridgehead atoms. The zero-order valence-electron chi connectivity index (χ0n) is 19.7. The van der Waals surface area contributed by atoms with Crippen LogP contribution in [0.2, 0.25) is 0 Å². The van der Waals surface area contributed by atoms with E-state index in [1.54, 1.807) is 0 Å². The normalized spacial score (nSPS) is 43.4. The van der Waals surface area contributed by atoms with Crippen LogP contribution in [0.15, 0.2) is 0 Å². The average Bonchev–Trinajstić information content (AvgIpc) is 2.66. The summed E-state index contributed by atoms with van der Waals surface area (Å²) in [5.74, 6) is 0. The molecule has 0 saturated heterocycles. The molecule has 2 fully saturated rings. The third-order valence-electron chi connectivity index (χ3n) is 8.64. The summed E-state index contributed by atoms with van der Waals surface area (Å²) in [7, 11) is 0. The third kappa shape index (κ3) is 4.67. The van der Waals surface area contributed by atoms with Crippen LogP contribution < -0.4 is 11.5 Å². The highest BCUT2D eigenvalue weighted by atomic mass is 79.9. The highest BCUT2D eigenvalue weighted by molar-refractivity contribution is 9.10. The minimum absolute atomic E-state index is 0.0609. The van der Waals surface area contributed by atoms with E-state index in [1.807, 2.05) is 0 Å². The minimum Gasteiger partial charge on any atom is -0.326 e. The van der Waals surface area contributed by atoms with E-state index in [4.69, 9.17) is 11.5 Å². The van der Waals surface area contributed by atoms with Crippen molar-refractivity contribution < 1.29 is 0 Å². The van der Waals surface area contributed by atoms with Crippen LogP contribution in [0.1, 0.15) is 124 Å². The van der Waals surface area contributed by atoms with Crippen LogP contribution in [0, 0.1) is 10.8 Å². The Balaban J connectivity index is 2.58. The zero-order valence-corrected chi connectivity index (χ0v) is 22.8. The molecule has 0 aromatic heterocycles. The Morgan fingerprint density at radius 2 is 1.00 bits per heavy atom. The van der Waals surface area contributed by atoms with Gasteiger partial charge in [0, 0.05) is 20.7 Å². The lowest BCUT2D eigenvalue weighted by Gasteiger charge is -2.62. The maximum Gasteiger partial charge on any atom is 0.0464 e. The van der Waals surface area contributed by atoms with Crippen LogP contribution in [0.5, 0.6) is 0 Å². The molecule has 6 atom stereocenters. The Hall–Kier alpha value is 0.880. The van der Waals surface area contributed by atoms with Gasteiger partial charge >= 0.3 is 0 Å². The number of nitrogens with two attached hydrogens (primary N) is 2. The zero-order chi connectivity index (χ0) is 21.8. The van der Waals surface area contributed by atoms with Gasteiger partial charge in [0.15, 0.2) is 0 Å². The van der Waals surface area contributed by atoms with Gasteiger partial charge in [-0.25, -0.2) is 0 Å². The molecule has 2 saturated carbocycles. The lowest BCUT2D eigenvalue weighted by atomic mass is 9.49. The summed E-state index contributed by atoms with van der Waals surface area (Å²) in [5.41, 5.74) is 14.3. The van der Waals surface area contributed by atoms with Crippen LogP contribution in [-0.4, -0.2) is 20.7 Å². The maximum absolute atomic E-state index is 6.90. The van der Waals surface area contributed by atoms with Gasteiger partial charge < -0.3 is 11.5 Å². The van der Waals surface area contributed by atoms with Crippen LogP contribution in [-0.2, 0) is 0 Å². The highest BCUT2D eigenvalue weighted by Gasteiger charge is 2.61. The van der Waals surface area contributed by atoms with Gasteiger partial charge in [-0.3, -0.25) is 0 Å². The Kier molecular flexibility index (Phi) is 9.61. The van der Waals surface area contributed by atoms with E-state index < -0.39 is 0 Å². The van der Waals surface area contributed by atoms with Gasteiger partial charge in [-0.05, 0) is 68.6 Å². The van der Waals surface area contributed by atoms with Crippen LogP contribution in [0.3, 0.4) is 0 Å². The van der Waals surface area contributed by atoms with E-state index in [0.29, 0.717) is 0 Å². The average molecular weight is 536 g/mol. The summed E-state index contributed by atoms with van der Waals surface area (Å²) in [6.07, 6.45) is 18.6. The van der Waals surface area contributed by atoms with Gasteiger partial charge in [0.25, 0.3) is 0 Å². The first-order valence-corrected chi connectivity index (χ1v) is 14.2. The van der Waals surface area contributed by atoms with E-state index in [-0.39, 0.29) is 31.6 Å². The Labute approximate surface area is 198 Å². The molecule has 4 N–H and O–H groups in total. The van der Waals surface area contributed by atoms with E-state index >= 15 is 0 Å². The summed E-state index contributed by atoms with van der Waals surface area (Å²) in [4.78, 5) is 0. The largest absolute Gasteiger partial charge is 0.326 e. The molecule has 172 valence electrons. The van der Waals surface area contributed by atoms with Crippen molar-refractivity contribution in [1.29, 1.82) is 0 Å². The molecule has 0 spiro atoms. The van der Waals surface area contributed by atoms with E-state index in [0.717, 1.165) is 12.8 Å². The summed E-state index contributed by atoms with van der Waals surface area (Å²) < 4.78 is 0.122. The van der Waals surface area contributed by atoms with Crippen molar-refractivity contribution in [2.24, 2.45) is 22.3 Å². The molecule has 0 aromatic rings. The summed E-state index contributed by atoms with van der Waals surface area (Å²) in [5, 5.41) is 0. The number of rotatable bonds is 10. The molecule has 2 aliphatic carbocycles. The molecule has 0 radical (unpaired) electrons. The molecule has 2 rings (SSSR count). The fourth-order valence-electron chi connectivity index (χ4n) is 7.53. The van der Waals surface area contributed by atoms with Gasteiger partial charge in [0.1, 0.15) is 0 Å². The van der Waals surface area contributed by atoms with E-state index in [9.17, 15) is 0 Å². The number of halogens is 2. The monoisotopic (exact) mass is 534 g/mol. The molecule has 2 aliphatic rings. The van der Waals surface area contributed by atoms with Crippen LogP contribution >= 0.6 is 31.9 Å². The summed E-state index contributed by atoms with van der Waals surface area (Å²) in [6, 6.07) is 0.518. The van der Waals surface area contributed by atoms with Gasteiger partial charge in [0.05, 0.1) is 0 Å². The lowest BCUT2D eigenvalue weighted by Crippen LogP contribution is -2.64. The first-order chi connectivity index (χ1) is 13.7. The van der Waals surface area contributed by atoms with Gasteiger partial charge in [-0.15, -0.1) is 0 Å². The van der Waals surface area contributed by atoms with Crippen molar-refractivity contribution in [1.82, 2.24) is 0 Å². The van der Waals surface area contributed by atoms with E-state index in [1.165, 1.54) is 83.5 Å². The molecule has 2 nitrogen and oxygen atoms in total. The third-order valence-corrected chi connectivity index (χ3v) is 12.3. The second kappa shape index (κ2) is 10.7. The molecule has 0 heterocycles. The first-order valence-electron chi connectivity index (χ1n) is 12.6. The maximum atomic E-state index is 6.90. The van der Waals surface area contributed by atoms with Crippen LogP contribution in [0.25, 0.3) is 0 Å². The summed E-state index contributed by atoms with van der Waals surface area (Å²) in [6.45, 7) is 9.39. The Bertz CT molecular complexity index is 463. The van der Waals surface area contributed by atoms with Crippen molar-refractivity contribution in [2.75, 3.05) is 0 Å². The minimum atomic E-state index is 0.0609. The van der Waals surface area contributed by atoms with Crippen LogP contribution in [0.4, 0.5) is 0 Å². The standard InChI is InChI=1S/C25H48Br2N2/c1-5-13-22(17-9-11-20(28)24(22,26)15-7-3)19-23(14-6-2)18-10-12-21(29)25(23,27)16-8-4/h20-21H,5-19,28-29H2,1-4H3. The summed E-state index contributed by atoms with van der Waals surface area (Å²) >= 11 is 8.74. The first kappa shape index (κ1) is 26.1. The fourth-order valence-corrected chi connectivity index (χ4v) is 9.85. The quantitative estimate of drug-likeness (QED) is 0.280. The van der Waals surface area contributed by atoms with Gasteiger partial charge in [-0.1, -0.05) is 98.1 Å². The second-order valence-corrected chi connectivity index (χ2v) is 13.3. The predicted octanol–water partition coefficient (Wildman–Crippen LogP) is 7.84. The molecular formula is C25H48Br2N2. The smallest absolute Gasteiger partial charge is 0.0464 e. The topological polar surface area (TPSA) is 52.0 Å². The molecule has 6 unspecified atom stereocenters. The highest BCUT2D eigenvalue weighted by Crippen LogP contribution is 2.65. The Morgan fingerprint density at radius 3 is 1.31 bits per heavy atom. The number of alkyl halides is 2. The molecular weight excluding hydrogens is 488 g/mol. The van der Waals surface area contributed by atoms with Crippen molar-refractivity contribution in [3.63, 3.8) is 0 Å². The molecule has 0 aromatic carbocycles. The molecule has 29 heavy (non-hydrogen) atoms. The predicted molar refractivity (Wildman–Crippen MR) is 136 cm³/mol. The fraction of sp³-hybridized carbons (Fsp3) is 1.00. The SMILES string of the molecule is CCCC1(CC2(CCC)CCCC(N)C2(Br)CCC)CCCC(N)C1(Br)CCC. The van der Waals surface area contributed by atoms with Gasteiger partial charge in [-0.2, -0.15) is 0 Å². The van der Waals surface area contributed by atoms with Crippen molar-refractivity contribution >= 4 is 31.9 Å². The molecule has 4 heteroatoms. The van der Waals surface area contributed by atoms with E-state index in [2.05, 4.69) is 59.6 Å². The van der Waals surface area contributed by atoms with Crippen molar-refractivity contribution in [3.8, 4) is 0 Å². The second-order valence-electron chi connectivity index (χ2n) is 10.5.